The van der Waals surface area contributed by atoms with Gasteiger partial charge in [-0.15, -0.1) is 0 Å². The highest BCUT2D eigenvalue weighted by Gasteiger charge is 2.36. The Morgan fingerprint density at radius 3 is 2.61 bits per heavy atom. The standard InChI is InChI=1S/C23H16Cl2N2O5S/c1-31-15-5-3-14(4-6-15)26-21(28)12-27-22(29)20(33-23(27)30)11-16-7-9-19(32-16)17-10-13(24)2-8-18(17)25/h2-11H,12H2,1H3,(H,26,28)/b20-11+. The molecule has 1 aliphatic heterocycles. The van der Waals surface area contributed by atoms with Crippen molar-refractivity contribution in [2.75, 3.05) is 19.0 Å². The lowest BCUT2D eigenvalue weighted by molar-refractivity contribution is -0.127. The summed E-state index contributed by atoms with van der Waals surface area (Å²) >= 11 is 13.0. The van der Waals surface area contributed by atoms with E-state index in [9.17, 15) is 14.4 Å². The van der Waals surface area contributed by atoms with E-state index >= 15 is 0 Å². The van der Waals surface area contributed by atoms with Crippen molar-refractivity contribution < 1.29 is 23.5 Å². The summed E-state index contributed by atoms with van der Waals surface area (Å²) in [5.41, 5.74) is 1.12. The monoisotopic (exact) mass is 502 g/mol. The third kappa shape index (κ3) is 5.24. The number of ether oxygens (including phenoxy) is 1. The fourth-order valence-electron chi connectivity index (χ4n) is 3.05. The fourth-order valence-corrected chi connectivity index (χ4v) is 4.25. The Morgan fingerprint density at radius 1 is 1.12 bits per heavy atom. The summed E-state index contributed by atoms with van der Waals surface area (Å²) in [5, 5.41) is 3.07. The van der Waals surface area contributed by atoms with Gasteiger partial charge in [0.15, 0.2) is 0 Å². The first-order chi connectivity index (χ1) is 15.8. The molecule has 0 spiro atoms. The van der Waals surface area contributed by atoms with Crippen LogP contribution in [0.4, 0.5) is 10.5 Å². The number of amides is 3. The van der Waals surface area contributed by atoms with Crippen LogP contribution in [0.2, 0.25) is 10.0 Å². The molecule has 0 radical (unpaired) electrons. The third-order valence-electron chi connectivity index (χ3n) is 4.64. The van der Waals surface area contributed by atoms with E-state index in [1.54, 1.807) is 54.6 Å². The predicted molar refractivity (Wildman–Crippen MR) is 128 cm³/mol. The molecular formula is C23H16Cl2N2O5S. The van der Waals surface area contributed by atoms with Crippen LogP contribution in [0.5, 0.6) is 5.75 Å². The zero-order valence-corrected chi connectivity index (χ0v) is 19.5. The first-order valence-corrected chi connectivity index (χ1v) is 11.2. The number of thioether (sulfide) groups is 1. The Labute approximate surface area is 203 Å². The number of imide groups is 1. The van der Waals surface area contributed by atoms with Crippen molar-refractivity contribution in [1.29, 1.82) is 0 Å². The molecule has 33 heavy (non-hydrogen) atoms. The summed E-state index contributed by atoms with van der Waals surface area (Å²) in [7, 11) is 1.54. The number of carbonyl (C=O) groups excluding carboxylic acids is 3. The first-order valence-electron chi connectivity index (χ1n) is 9.58. The van der Waals surface area contributed by atoms with Gasteiger partial charge < -0.3 is 14.5 Å². The van der Waals surface area contributed by atoms with Crippen LogP contribution in [0.15, 0.2) is 63.9 Å². The molecule has 0 bridgehead atoms. The van der Waals surface area contributed by atoms with E-state index in [4.69, 9.17) is 32.4 Å². The normalized spacial score (nSPS) is 14.8. The summed E-state index contributed by atoms with van der Waals surface area (Å²) in [6.45, 7) is -0.407. The van der Waals surface area contributed by atoms with Gasteiger partial charge in [0, 0.05) is 22.3 Å². The SMILES string of the molecule is COc1ccc(NC(=O)CN2C(=O)S/C(=C/c3ccc(-c4cc(Cl)ccc4Cl)o3)C2=O)cc1. The molecule has 10 heteroatoms. The summed E-state index contributed by atoms with van der Waals surface area (Å²) in [6.07, 6.45) is 1.45. The molecule has 0 unspecified atom stereocenters. The summed E-state index contributed by atoms with van der Waals surface area (Å²) in [5.74, 6) is 0.386. The smallest absolute Gasteiger partial charge is 0.294 e. The molecule has 168 valence electrons. The van der Waals surface area contributed by atoms with E-state index in [0.717, 1.165) is 16.7 Å². The average molecular weight is 503 g/mol. The minimum Gasteiger partial charge on any atom is -0.497 e. The van der Waals surface area contributed by atoms with Crippen molar-refractivity contribution >= 4 is 63.8 Å². The van der Waals surface area contributed by atoms with Crippen LogP contribution in [0.1, 0.15) is 5.76 Å². The molecule has 2 aromatic carbocycles. The van der Waals surface area contributed by atoms with Crippen LogP contribution in [-0.4, -0.2) is 35.6 Å². The lowest BCUT2D eigenvalue weighted by atomic mass is 10.2. The highest BCUT2D eigenvalue weighted by molar-refractivity contribution is 8.18. The van der Waals surface area contributed by atoms with Gasteiger partial charge in [-0.3, -0.25) is 19.3 Å². The number of nitrogens with zero attached hydrogens (tertiary/aromatic N) is 1. The molecule has 2 heterocycles. The Hall–Kier alpha value is -3.20. The molecule has 0 aliphatic carbocycles. The first kappa shape index (κ1) is 23.0. The van der Waals surface area contributed by atoms with Crippen LogP contribution in [0.25, 0.3) is 17.4 Å². The van der Waals surface area contributed by atoms with E-state index in [-0.39, 0.29) is 4.91 Å². The number of rotatable bonds is 6. The number of carbonyl (C=O) groups is 3. The maximum absolute atomic E-state index is 12.7. The maximum Gasteiger partial charge on any atom is 0.294 e. The van der Waals surface area contributed by atoms with Gasteiger partial charge in [0.05, 0.1) is 17.0 Å². The fraction of sp³-hybridized carbons (Fsp3) is 0.0870. The minimum atomic E-state index is -0.575. The zero-order valence-electron chi connectivity index (χ0n) is 17.1. The second-order valence-corrected chi connectivity index (χ2v) is 8.71. The van der Waals surface area contributed by atoms with Crippen molar-refractivity contribution in [3.05, 3.63) is 75.3 Å². The Bertz CT molecular complexity index is 1270. The zero-order chi connectivity index (χ0) is 23.5. The number of furan rings is 1. The quantitative estimate of drug-likeness (QED) is 0.419. The number of nitrogens with one attached hydrogen (secondary N) is 1. The molecule has 4 rings (SSSR count). The third-order valence-corrected chi connectivity index (χ3v) is 6.12. The number of anilines is 1. The van der Waals surface area contributed by atoms with Gasteiger partial charge in [0.2, 0.25) is 5.91 Å². The molecule has 1 saturated heterocycles. The van der Waals surface area contributed by atoms with Crippen molar-refractivity contribution in [3.8, 4) is 17.1 Å². The van der Waals surface area contributed by atoms with Gasteiger partial charge >= 0.3 is 0 Å². The lowest BCUT2D eigenvalue weighted by Crippen LogP contribution is -2.36. The largest absolute Gasteiger partial charge is 0.497 e. The van der Waals surface area contributed by atoms with Crippen LogP contribution in [0, 0.1) is 0 Å². The van der Waals surface area contributed by atoms with Gasteiger partial charge in [-0.25, -0.2) is 0 Å². The Kier molecular flexibility index (Phi) is 6.78. The molecule has 3 amide bonds. The number of hydrogen-bond donors (Lipinski definition) is 1. The van der Waals surface area contributed by atoms with Gasteiger partial charge in [-0.05, 0) is 66.4 Å². The topological polar surface area (TPSA) is 88.8 Å². The summed E-state index contributed by atoms with van der Waals surface area (Å²) in [6, 6.07) is 15.0. The number of hydrogen-bond acceptors (Lipinski definition) is 6. The van der Waals surface area contributed by atoms with Crippen LogP contribution < -0.4 is 10.1 Å². The van der Waals surface area contributed by atoms with E-state index in [0.29, 0.717) is 38.6 Å². The molecule has 0 saturated carbocycles. The Morgan fingerprint density at radius 2 is 1.88 bits per heavy atom. The molecule has 0 atom stereocenters. The molecule has 1 fully saturated rings. The van der Waals surface area contributed by atoms with Crippen LogP contribution >= 0.6 is 35.0 Å². The van der Waals surface area contributed by atoms with Crippen molar-refractivity contribution in [1.82, 2.24) is 4.90 Å². The summed E-state index contributed by atoms with van der Waals surface area (Å²) in [4.78, 5) is 38.4. The molecule has 3 aromatic rings. The maximum atomic E-state index is 12.7. The number of halogens is 2. The van der Waals surface area contributed by atoms with Gasteiger partial charge in [0.1, 0.15) is 23.8 Å². The predicted octanol–water partition coefficient (Wildman–Crippen LogP) is 5.94. The second-order valence-electron chi connectivity index (χ2n) is 6.87. The van der Waals surface area contributed by atoms with Crippen LogP contribution in [-0.2, 0) is 9.59 Å². The highest BCUT2D eigenvalue weighted by Crippen LogP contribution is 2.35. The van der Waals surface area contributed by atoms with E-state index < -0.39 is 23.6 Å². The van der Waals surface area contributed by atoms with Gasteiger partial charge in [-0.2, -0.15) is 0 Å². The van der Waals surface area contributed by atoms with E-state index in [1.807, 2.05) is 0 Å². The average Bonchev–Trinajstić information content (AvgIpc) is 3.36. The van der Waals surface area contributed by atoms with Crippen molar-refractivity contribution in [3.63, 3.8) is 0 Å². The van der Waals surface area contributed by atoms with E-state index in [1.165, 1.54) is 13.2 Å². The molecule has 1 aliphatic rings. The lowest BCUT2D eigenvalue weighted by Gasteiger charge is -2.12. The Balaban J connectivity index is 1.45. The van der Waals surface area contributed by atoms with Crippen molar-refractivity contribution in [2.24, 2.45) is 0 Å². The number of benzene rings is 2. The minimum absolute atomic E-state index is 0.148. The molecule has 1 aromatic heterocycles. The molecular weight excluding hydrogens is 487 g/mol. The van der Waals surface area contributed by atoms with E-state index in [2.05, 4.69) is 5.32 Å². The number of methoxy groups -OCH3 is 1. The van der Waals surface area contributed by atoms with Crippen LogP contribution in [0.3, 0.4) is 0 Å². The second kappa shape index (κ2) is 9.74. The molecule has 1 N–H and O–H groups in total. The highest BCUT2D eigenvalue weighted by atomic mass is 35.5. The summed E-state index contributed by atoms with van der Waals surface area (Å²) < 4.78 is 10.8. The van der Waals surface area contributed by atoms with Gasteiger partial charge in [0.25, 0.3) is 11.1 Å². The van der Waals surface area contributed by atoms with Crippen molar-refractivity contribution in [2.45, 2.75) is 0 Å². The van der Waals surface area contributed by atoms with Gasteiger partial charge in [-0.1, -0.05) is 23.2 Å². The molecule has 7 nitrogen and oxygen atoms in total.